The molecule has 1 N–H and O–H groups in total. The van der Waals surface area contributed by atoms with Crippen molar-refractivity contribution < 1.29 is 17.9 Å². The van der Waals surface area contributed by atoms with Crippen molar-refractivity contribution in [3.8, 4) is 5.75 Å². The molecule has 1 atom stereocenters. The Morgan fingerprint density at radius 3 is 2.53 bits per heavy atom. The van der Waals surface area contributed by atoms with Gasteiger partial charge in [0.15, 0.2) is 0 Å². The van der Waals surface area contributed by atoms with Gasteiger partial charge in [0.25, 0.3) is 0 Å². The third-order valence-corrected chi connectivity index (χ3v) is 3.31. The van der Waals surface area contributed by atoms with Crippen LogP contribution in [0.25, 0.3) is 0 Å². The summed E-state index contributed by atoms with van der Waals surface area (Å²) in [5.74, 6) is 0.605. The van der Waals surface area contributed by atoms with E-state index in [2.05, 4.69) is 21.2 Å². The van der Waals surface area contributed by atoms with Gasteiger partial charge in [0.2, 0.25) is 0 Å². The van der Waals surface area contributed by atoms with E-state index in [1.807, 2.05) is 6.92 Å². The van der Waals surface area contributed by atoms with E-state index < -0.39 is 12.2 Å². The van der Waals surface area contributed by atoms with E-state index >= 15 is 0 Å². The van der Waals surface area contributed by atoms with E-state index in [4.69, 9.17) is 4.74 Å². The Labute approximate surface area is 119 Å². The molecule has 0 fully saturated rings. The normalized spacial score (nSPS) is 13.4. The number of halogens is 4. The monoisotopic (exact) mass is 339 g/mol. The maximum atomic E-state index is 12.9. The molecule has 0 aromatic heterocycles. The van der Waals surface area contributed by atoms with Gasteiger partial charge in [-0.15, -0.1) is 0 Å². The second-order valence-corrected chi connectivity index (χ2v) is 5.08. The zero-order valence-electron chi connectivity index (χ0n) is 10.9. The summed E-state index contributed by atoms with van der Waals surface area (Å²) in [4.78, 5) is 0. The highest BCUT2D eigenvalue weighted by Gasteiger charge is 2.38. The first kappa shape index (κ1) is 16.3. The lowest BCUT2D eigenvalue weighted by Gasteiger charge is -2.21. The van der Waals surface area contributed by atoms with Crippen LogP contribution in [-0.2, 0) is 6.42 Å². The van der Waals surface area contributed by atoms with E-state index in [0.29, 0.717) is 28.8 Å². The fourth-order valence-corrected chi connectivity index (χ4v) is 2.28. The molecule has 1 aromatic carbocycles. The molecular formula is C13H17BrF3NO. The van der Waals surface area contributed by atoms with Crippen LogP contribution in [0.3, 0.4) is 0 Å². The van der Waals surface area contributed by atoms with Gasteiger partial charge < -0.3 is 10.1 Å². The number of nitrogens with one attached hydrogen (secondary N) is 1. The second-order valence-electron chi connectivity index (χ2n) is 4.22. The fraction of sp³-hybridized carbons (Fsp3) is 0.538. The van der Waals surface area contributed by atoms with Gasteiger partial charge in [-0.1, -0.05) is 13.0 Å². The highest BCUT2D eigenvalue weighted by Crippen LogP contribution is 2.28. The molecule has 0 heterocycles. The average molecular weight is 340 g/mol. The van der Waals surface area contributed by atoms with Crippen molar-refractivity contribution in [1.29, 1.82) is 0 Å². The first-order chi connectivity index (χ1) is 8.88. The van der Waals surface area contributed by atoms with Crippen molar-refractivity contribution >= 4 is 15.9 Å². The Kier molecular flexibility index (Phi) is 6.13. The predicted molar refractivity (Wildman–Crippen MR) is 72.5 cm³/mol. The number of rotatable bonds is 6. The Morgan fingerprint density at radius 1 is 1.37 bits per heavy atom. The third-order valence-electron chi connectivity index (χ3n) is 2.69. The van der Waals surface area contributed by atoms with Crippen molar-refractivity contribution in [2.75, 3.05) is 13.7 Å². The number of hydrogen-bond donors (Lipinski definition) is 1. The maximum Gasteiger partial charge on any atom is 0.404 e. The van der Waals surface area contributed by atoms with Crippen LogP contribution in [0.5, 0.6) is 5.75 Å². The molecule has 0 saturated heterocycles. The van der Waals surface area contributed by atoms with Crippen LogP contribution in [-0.4, -0.2) is 25.9 Å². The molecule has 0 spiro atoms. The lowest BCUT2D eigenvalue weighted by Crippen LogP contribution is -2.44. The van der Waals surface area contributed by atoms with Crippen molar-refractivity contribution in [2.24, 2.45) is 0 Å². The minimum Gasteiger partial charge on any atom is -0.496 e. The van der Waals surface area contributed by atoms with Crippen molar-refractivity contribution in [3.63, 3.8) is 0 Å². The summed E-state index contributed by atoms with van der Waals surface area (Å²) in [7, 11) is 1.51. The molecule has 2 nitrogen and oxygen atoms in total. The van der Waals surface area contributed by atoms with Crippen LogP contribution < -0.4 is 10.1 Å². The summed E-state index contributed by atoms with van der Waals surface area (Å²) >= 11 is 3.27. The zero-order valence-corrected chi connectivity index (χ0v) is 12.4. The van der Waals surface area contributed by atoms with Gasteiger partial charge in [-0.25, -0.2) is 0 Å². The maximum absolute atomic E-state index is 12.9. The molecule has 0 radical (unpaired) electrons. The molecule has 0 aliphatic carbocycles. The number of methoxy groups -OCH3 is 1. The lowest BCUT2D eigenvalue weighted by atomic mass is 10.1. The molecular weight excluding hydrogens is 323 g/mol. The van der Waals surface area contributed by atoms with Crippen LogP contribution in [0.1, 0.15) is 18.9 Å². The van der Waals surface area contributed by atoms with Crippen LogP contribution in [0.2, 0.25) is 0 Å². The topological polar surface area (TPSA) is 21.3 Å². The van der Waals surface area contributed by atoms with E-state index in [1.165, 1.54) is 7.11 Å². The van der Waals surface area contributed by atoms with Crippen molar-refractivity contribution in [3.05, 3.63) is 28.2 Å². The average Bonchev–Trinajstić information content (AvgIpc) is 2.33. The minimum atomic E-state index is -4.25. The summed E-state index contributed by atoms with van der Waals surface area (Å²) in [6.07, 6.45) is -3.67. The van der Waals surface area contributed by atoms with Crippen LogP contribution >= 0.6 is 15.9 Å². The molecule has 0 amide bonds. The summed E-state index contributed by atoms with van der Waals surface area (Å²) in [6.45, 7) is 2.19. The van der Waals surface area contributed by atoms with E-state index in [-0.39, 0.29) is 6.42 Å². The summed E-state index contributed by atoms with van der Waals surface area (Å²) in [5.41, 5.74) is 0.610. The highest BCUT2D eigenvalue weighted by molar-refractivity contribution is 9.10. The van der Waals surface area contributed by atoms with Gasteiger partial charge in [0, 0.05) is 0 Å². The number of ether oxygens (including phenoxy) is 1. The largest absolute Gasteiger partial charge is 0.496 e. The Hall–Kier alpha value is -0.750. The van der Waals surface area contributed by atoms with Gasteiger partial charge in [0.05, 0.1) is 11.6 Å². The number of alkyl halides is 3. The Bertz CT molecular complexity index is 409. The van der Waals surface area contributed by atoms with Crippen LogP contribution in [0.15, 0.2) is 22.7 Å². The molecule has 6 heteroatoms. The molecule has 1 unspecified atom stereocenters. The van der Waals surface area contributed by atoms with Gasteiger partial charge in [-0.05, 0) is 53.0 Å². The predicted octanol–water partition coefficient (Wildman–Crippen LogP) is 3.93. The quantitative estimate of drug-likeness (QED) is 0.847. The summed E-state index contributed by atoms with van der Waals surface area (Å²) in [6, 6.07) is 3.45. The van der Waals surface area contributed by atoms with Crippen molar-refractivity contribution in [2.45, 2.75) is 32.0 Å². The van der Waals surface area contributed by atoms with Crippen molar-refractivity contribution in [1.82, 2.24) is 5.32 Å². The smallest absolute Gasteiger partial charge is 0.404 e. The Morgan fingerprint density at radius 2 is 2.05 bits per heavy atom. The number of hydrogen-bond acceptors (Lipinski definition) is 2. The lowest BCUT2D eigenvalue weighted by molar-refractivity contribution is -0.155. The fourth-order valence-electron chi connectivity index (χ4n) is 1.69. The molecule has 0 saturated carbocycles. The molecule has 108 valence electrons. The van der Waals surface area contributed by atoms with Gasteiger partial charge in [-0.3, -0.25) is 0 Å². The van der Waals surface area contributed by atoms with Gasteiger partial charge in [-0.2, -0.15) is 13.2 Å². The second kappa shape index (κ2) is 7.14. The first-order valence-corrected chi connectivity index (χ1v) is 6.80. The molecule has 1 aromatic rings. The van der Waals surface area contributed by atoms with E-state index in [0.717, 1.165) is 0 Å². The summed E-state index contributed by atoms with van der Waals surface area (Å²) < 4.78 is 44.3. The highest BCUT2D eigenvalue weighted by atomic mass is 79.9. The first-order valence-electron chi connectivity index (χ1n) is 6.01. The van der Waals surface area contributed by atoms with Crippen LogP contribution in [0.4, 0.5) is 13.2 Å². The van der Waals surface area contributed by atoms with E-state index in [1.54, 1.807) is 18.2 Å². The van der Waals surface area contributed by atoms with Gasteiger partial charge in [0.1, 0.15) is 11.8 Å². The van der Waals surface area contributed by atoms with Crippen LogP contribution in [0, 0.1) is 0 Å². The third kappa shape index (κ3) is 5.03. The molecule has 1 rings (SSSR count). The molecule has 0 aliphatic heterocycles. The van der Waals surface area contributed by atoms with Gasteiger partial charge >= 0.3 is 6.18 Å². The minimum absolute atomic E-state index is 0.0912. The Balaban J connectivity index is 2.81. The zero-order chi connectivity index (χ0) is 14.5. The molecule has 19 heavy (non-hydrogen) atoms. The SMILES string of the molecule is CCCNC(Cc1ccc(OC)c(Br)c1)C(F)(F)F. The standard InChI is InChI=1S/C13H17BrF3NO/c1-3-6-18-12(13(15,16)17)8-9-4-5-11(19-2)10(14)7-9/h4-5,7,12,18H,3,6,8H2,1-2H3. The van der Waals surface area contributed by atoms with E-state index in [9.17, 15) is 13.2 Å². The number of benzene rings is 1. The molecule has 0 aliphatic rings. The summed E-state index contributed by atoms with van der Waals surface area (Å²) in [5, 5.41) is 2.53. The molecule has 0 bridgehead atoms.